The second kappa shape index (κ2) is 7.94. The van der Waals surface area contributed by atoms with E-state index in [2.05, 4.69) is 26.4 Å². The van der Waals surface area contributed by atoms with E-state index in [1.165, 1.54) is 19.4 Å². The monoisotopic (exact) mass is 288 g/mol. The lowest BCUT2D eigenvalue weighted by molar-refractivity contribution is 0.184. The molecule has 1 atom stereocenters. The Balaban J connectivity index is 0.00000162. The fourth-order valence-corrected chi connectivity index (χ4v) is 2.80. The molecule has 4 nitrogen and oxygen atoms in total. The van der Waals surface area contributed by atoms with Crippen LogP contribution in [0.2, 0.25) is 0 Å². The van der Waals surface area contributed by atoms with Gasteiger partial charge in [-0.15, -0.1) is 24.2 Å². The standard InChI is InChI=1S/C12H20N4S.ClH/c1-13-10-4-3-7-16(8-10)9-11-12(17-2)15-6-5-14-11;/h5-6,10,13H,3-4,7-9H2,1-2H3;1H. The van der Waals surface area contributed by atoms with Gasteiger partial charge in [-0.25, -0.2) is 4.98 Å². The summed E-state index contributed by atoms with van der Waals surface area (Å²) in [5.41, 5.74) is 1.11. The first kappa shape index (κ1) is 15.7. The zero-order chi connectivity index (χ0) is 12.1. The maximum atomic E-state index is 4.45. The van der Waals surface area contributed by atoms with E-state index in [1.54, 1.807) is 24.2 Å². The SMILES string of the molecule is CNC1CCCN(Cc2nccnc2SC)C1.Cl. The summed E-state index contributed by atoms with van der Waals surface area (Å²) >= 11 is 1.67. The molecule has 0 saturated carbocycles. The Bertz CT molecular complexity index is 364. The molecule has 1 aliphatic rings. The van der Waals surface area contributed by atoms with Gasteiger partial charge in [0.15, 0.2) is 0 Å². The molecule has 18 heavy (non-hydrogen) atoms. The third-order valence-corrected chi connectivity index (χ3v) is 3.94. The number of aromatic nitrogens is 2. The van der Waals surface area contributed by atoms with Crippen molar-refractivity contribution in [2.45, 2.75) is 30.5 Å². The summed E-state index contributed by atoms with van der Waals surface area (Å²) in [5.74, 6) is 0. The summed E-state index contributed by atoms with van der Waals surface area (Å²) < 4.78 is 0. The van der Waals surface area contributed by atoms with E-state index < -0.39 is 0 Å². The molecule has 0 aromatic carbocycles. The largest absolute Gasteiger partial charge is 0.316 e. The molecule has 1 aromatic rings. The van der Waals surface area contributed by atoms with Crippen molar-refractivity contribution in [2.24, 2.45) is 0 Å². The van der Waals surface area contributed by atoms with E-state index in [1.807, 2.05) is 7.05 Å². The molecule has 2 rings (SSSR count). The van der Waals surface area contributed by atoms with Crippen LogP contribution in [-0.4, -0.2) is 47.3 Å². The predicted octanol–water partition coefficient (Wildman–Crippen LogP) is 1.80. The highest BCUT2D eigenvalue weighted by Crippen LogP contribution is 2.18. The quantitative estimate of drug-likeness (QED) is 0.856. The van der Waals surface area contributed by atoms with Crippen LogP contribution in [0.1, 0.15) is 18.5 Å². The molecular weight excluding hydrogens is 268 g/mol. The van der Waals surface area contributed by atoms with Crippen LogP contribution >= 0.6 is 24.2 Å². The van der Waals surface area contributed by atoms with Crippen molar-refractivity contribution in [1.29, 1.82) is 0 Å². The van der Waals surface area contributed by atoms with Gasteiger partial charge in [-0.05, 0) is 32.7 Å². The van der Waals surface area contributed by atoms with Gasteiger partial charge in [0, 0.05) is 31.5 Å². The summed E-state index contributed by atoms with van der Waals surface area (Å²) in [6, 6.07) is 0.623. The van der Waals surface area contributed by atoms with Gasteiger partial charge in [0.05, 0.1) is 5.69 Å². The Morgan fingerprint density at radius 1 is 1.44 bits per heavy atom. The predicted molar refractivity (Wildman–Crippen MR) is 78.4 cm³/mol. The van der Waals surface area contributed by atoms with Crippen LogP contribution in [0.3, 0.4) is 0 Å². The number of nitrogens with one attached hydrogen (secondary N) is 1. The first-order valence-corrected chi connectivity index (χ1v) is 7.29. The van der Waals surface area contributed by atoms with Gasteiger partial charge >= 0.3 is 0 Å². The smallest absolute Gasteiger partial charge is 0.119 e. The lowest BCUT2D eigenvalue weighted by Gasteiger charge is -2.32. The van der Waals surface area contributed by atoms with Crippen molar-refractivity contribution in [3.05, 3.63) is 18.1 Å². The van der Waals surface area contributed by atoms with E-state index >= 15 is 0 Å². The minimum Gasteiger partial charge on any atom is -0.316 e. The minimum atomic E-state index is 0. The number of nitrogens with zero attached hydrogens (tertiary/aromatic N) is 3. The van der Waals surface area contributed by atoms with Gasteiger partial charge in [0.25, 0.3) is 0 Å². The highest BCUT2D eigenvalue weighted by molar-refractivity contribution is 7.98. The fourth-order valence-electron chi connectivity index (χ4n) is 2.28. The van der Waals surface area contributed by atoms with E-state index in [-0.39, 0.29) is 12.4 Å². The van der Waals surface area contributed by atoms with E-state index in [4.69, 9.17) is 0 Å². The Hall–Kier alpha value is -0.360. The van der Waals surface area contributed by atoms with Crippen LogP contribution in [-0.2, 0) is 6.54 Å². The van der Waals surface area contributed by atoms with Crippen molar-refractivity contribution >= 4 is 24.2 Å². The van der Waals surface area contributed by atoms with Crippen molar-refractivity contribution in [3.63, 3.8) is 0 Å². The average Bonchev–Trinajstić information content (AvgIpc) is 2.39. The van der Waals surface area contributed by atoms with E-state index in [9.17, 15) is 0 Å². The van der Waals surface area contributed by atoms with Crippen LogP contribution in [0.5, 0.6) is 0 Å². The van der Waals surface area contributed by atoms with Crippen molar-refractivity contribution in [1.82, 2.24) is 20.2 Å². The van der Waals surface area contributed by atoms with Crippen molar-refractivity contribution < 1.29 is 0 Å². The number of likely N-dealkylation sites (N-methyl/N-ethyl adjacent to an activating group) is 1. The number of rotatable bonds is 4. The third kappa shape index (κ3) is 4.09. The number of hydrogen-bond acceptors (Lipinski definition) is 5. The third-order valence-electron chi connectivity index (χ3n) is 3.22. The molecule has 0 radical (unpaired) electrons. The van der Waals surface area contributed by atoms with E-state index in [0.717, 1.165) is 23.8 Å². The summed E-state index contributed by atoms with van der Waals surface area (Å²) in [7, 11) is 2.05. The Kier molecular flexibility index (Phi) is 6.92. The van der Waals surface area contributed by atoms with Gasteiger partial charge in [-0.3, -0.25) is 9.88 Å². The molecule has 2 heterocycles. The molecule has 102 valence electrons. The zero-order valence-electron chi connectivity index (χ0n) is 10.9. The second-order valence-electron chi connectivity index (χ2n) is 4.38. The Morgan fingerprint density at radius 2 is 2.22 bits per heavy atom. The highest BCUT2D eigenvalue weighted by Gasteiger charge is 2.19. The molecule has 0 spiro atoms. The molecule has 0 amide bonds. The maximum absolute atomic E-state index is 4.45. The summed E-state index contributed by atoms with van der Waals surface area (Å²) in [6.07, 6.45) is 8.15. The van der Waals surface area contributed by atoms with Gasteiger partial charge in [-0.2, -0.15) is 0 Å². The molecule has 0 bridgehead atoms. The van der Waals surface area contributed by atoms with Crippen LogP contribution in [0.4, 0.5) is 0 Å². The Labute approximate surface area is 119 Å². The van der Waals surface area contributed by atoms with Gasteiger partial charge < -0.3 is 5.32 Å². The lowest BCUT2D eigenvalue weighted by atomic mass is 10.1. The molecular formula is C12H21ClN4S. The highest BCUT2D eigenvalue weighted by atomic mass is 35.5. The van der Waals surface area contributed by atoms with Crippen LogP contribution in [0.25, 0.3) is 0 Å². The number of piperidine rings is 1. The number of hydrogen-bond donors (Lipinski definition) is 1. The molecule has 6 heteroatoms. The van der Waals surface area contributed by atoms with Gasteiger partial charge in [-0.1, -0.05) is 0 Å². The van der Waals surface area contributed by atoms with Crippen LogP contribution in [0.15, 0.2) is 17.4 Å². The lowest BCUT2D eigenvalue weighted by Crippen LogP contribution is -2.44. The summed E-state index contributed by atoms with van der Waals surface area (Å²) in [5, 5.41) is 4.42. The van der Waals surface area contributed by atoms with Gasteiger partial charge in [0.1, 0.15) is 5.03 Å². The average molecular weight is 289 g/mol. The molecule has 1 aromatic heterocycles. The normalized spacial score (nSPS) is 20.4. The van der Waals surface area contributed by atoms with Crippen molar-refractivity contribution in [2.75, 3.05) is 26.4 Å². The molecule has 1 unspecified atom stereocenters. The molecule has 1 fully saturated rings. The first-order valence-electron chi connectivity index (χ1n) is 6.07. The molecule has 1 saturated heterocycles. The van der Waals surface area contributed by atoms with Gasteiger partial charge in [0.2, 0.25) is 0 Å². The number of halogens is 1. The maximum Gasteiger partial charge on any atom is 0.119 e. The molecule has 1 N–H and O–H groups in total. The molecule has 1 aliphatic heterocycles. The van der Waals surface area contributed by atoms with E-state index in [0.29, 0.717) is 6.04 Å². The second-order valence-corrected chi connectivity index (χ2v) is 5.17. The van der Waals surface area contributed by atoms with Crippen molar-refractivity contribution in [3.8, 4) is 0 Å². The van der Waals surface area contributed by atoms with Crippen LogP contribution < -0.4 is 5.32 Å². The first-order chi connectivity index (χ1) is 8.33. The molecule has 0 aliphatic carbocycles. The number of likely N-dealkylation sites (tertiary alicyclic amines) is 1. The summed E-state index contributed by atoms with van der Waals surface area (Å²) in [6.45, 7) is 3.20. The van der Waals surface area contributed by atoms with Crippen LogP contribution in [0, 0.1) is 0 Å². The topological polar surface area (TPSA) is 41.0 Å². The summed E-state index contributed by atoms with van der Waals surface area (Å²) in [4.78, 5) is 11.3. The number of thioether (sulfide) groups is 1. The minimum absolute atomic E-state index is 0. The fraction of sp³-hybridized carbons (Fsp3) is 0.667. The zero-order valence-corrected chi connectivity index (χ0v) is 12.6. The Morgan fingerprint density at radius 3 is 2.94 bits per heavy atom.